The summed E-state index contributed by atoms with van der Waals surface area (Å²) < 4.78 is 5.70. The normalized spacial score (nSPS) is 22.4. The van der Waals surface area contributed by atoms with E-state index >= 15 is 0 Å². The average molecular weight is 371 g/mol. The lowest BCUT2D eigenvalue weighted by molar-refractivity contribution is -0.136. The van der Waals surface area contributed by atoms with Crippen LogP contribution in [0.2, 0.25) is 0 Å². The van der Waals surface area contributed by atoms with Gasteiger partial charge in [0.1, 0.15) is 5.75 Å². The molecule has 1 saturated carbocycles. The third-order valence-corrected chi connectivity index (χ3v) is 5.66. The predicted octanol–water partition coefficient (Wildman–Crippen LogP) is 3.98. The molecule has 2 atom stereocenters. The first-order chi connectivity index (χ1) is 13.1. The van der Waals surface area contributed by atoms with Gasteiger partial charge >= 0.3 is 5.97 Å². The molecule has 5 heteroatoms. The Bertz CT molecular complexity index is 698. The maximum absolute atomic E-state index is 12.7. The van der Waals surface area contributed by atoms with E-state index in [9.17, 15) is 14.7 Å². The average Bonchev–Trinajstić information content (AvgIpc) is 3.11. The number of carbonyl (C=O) groups is 2. The third kappa shape index (κ3) is 4.90. The maximum atomic E-state index is 12.7. The van der Waals surface area contributed by atoms with Crippen molar-refractivity contribution in [1.29, 1.82) is 0 Å². The van der Waals surface area contributed by atoms with Crippen molar-refractivity contribution >= 4 is 18.0 Å². The highest BCUT2D eigenvalue weighted by atomic mass is 16.5. The molecule has 0 radical (unpaired) electrons. The molecule has 1 aliphatic heterocycles. The zero-order valence-corrected chi connectivity index (χ0v) is 16.0. The Hall–Kier alpha value is -2.30. The second-order valence-electron chi connectivity index (χ2n) is 7.64. The molecule has 1 N–H and O–H groups in total. The zero-order chi connectivity index (χ0) is 19.2. The number of aliphatic carboxylic acids is 1. The van der Waals surface area contributed by atoms with E-state index in [1.807, 2.05) is 36.1 Å². The number of ether oxygens (including phenoxy) is 1. The summed E-state index contributed by atoms with van der Waals surface area (Å²) in [5, 5.41) is 9.62. The SMILES string of the molecule is CCCOc1ccccc1/C=C(/CC(=O)N1CC2CCCCC2C1)C(=O)O. The summed E-state index contributed by atoms with van der Waals surface area (Å²) in [6.07, 6.45) is 7.26. The number of hydrogen-bond donors (Lipinski definition) is 1. The molecule has 1 amide bonds. The van der Waals surface area contributed by atoms with Gasteiger partial charge in [0.15, 0.2) is 0 Å². The molecule has 1 aliphatic carbocycles. The van der Waals surface area contributed by atoms with Gasteiger partial charge in [0.2, 0.25) is 5.91 Å². The smallest absolute Gasteiger partial charge is 0.332 e. The van der Waals surface area contributed by atoms with E-state index in [1.165, 1.54) is 25.7 Å². The largest absolute Gasteiger partial charge is 0.493 e. The van der Waals surface area contributed by atoms with Crippen LogP contribution in [0.3, 0.4) is 0 Å². The fourth-order valence-corrected chi connectivity index (χ4v) is 4.20. The van der Waals surface area contributed by atoms with Crippen LogP contribution in [0.25, 0.3) is 6.08 Å². The van der Waals surface area contributed by atoms with Gasteiger partial charge in [0.05, 0.1) is 13.0 Å². The van der Waals surface area contributed by atoms with E-state index in [0.717, 1.165) is 19.5 Å². The zero-order valence-electron chi connectivity index (χ0n) is 16.0. The van der Waals surface area contributed by atoms with Crippen LogP contribution in [0.15, 0.2) is 29.8 Å². The van der Waals surface area contributed by atoms with Crippen molar-refractivity contribution in [1.82, 2.24) is 4.90 Å². The minimum atomic E-state index is -1.05. The Morgan fingerprint density at radius 2 is 1.85 bits per heavy atom. The van der Waals surface area contributed by atoms with Gasteiger partial charge in [0.25, 0.3) is 0 Å². The van der Waals surface area contributed by atoms with Crippen LogP contribution in [0.4, 0.5) is 0 Å². The summed E-state index contributed by atoms with van der Waals surface area (Å²) in [4.78, 5) is 26.4. The Morgan fingerprint density at radius 1 is 1.19 bits per heavy atom. The molecule has 1 aromatic rings. The fraction of sp³-hybridized carbons (Fsp3) is 0.545. The molecular formula is C22H29NO4. The van der Waals surface area contributed by atoms with Crippen LogP contribution in [-0.4, -0.2) is 41.6 Å². The molecule has 2 fully saturated rings. The summed E-state index contributed by atoms with van der Waals surface area (Å²) in [7, 11) is 0. The lowest BCUT2D eigenvalue weighted by Crippen LogP contribution is -2.29. The van der Waals surface area contributed by atoms with Gasteiger partial charge < -0.3 is 14.7 Å². The van der Waals surface area contributed by atoms with Gasteiger partial charge in [-0.2, -0.15) is 0 Å². The molecule has 27 heavy (non-hydrogen) atoms. The molecule has 2 unspecified atom stereocenters. The molecule has 1 saturated heterocycles. The van der Waals surface area contributed by atoms with Crippen LogP contribution in [0, 0.1) is 11.8 Å². The molecular weight excluding hydrogens is 342 g/mol. The highest BCUT2D eigenvalue weighted by molar-refractivity contribution is 5.98. The number of carboxylic acid groups (broad SMARTS) is 1. The van der Waals surface area contributed by atoms with E-state index in [0.29, 0.717) is 29.8 Å². The number of nitrogens with zero attached hydrogens (tertiary/aromatic N) is 1. The molecule has 1 heterocycles. The van der Waals surface area contributed by atoms with Crippen LogP contribution >= 0.6 is 0 Å². The monoisotopic (exact) mass is 371 g/mol. The summed E-state index contributed by atoms with van der Waals surface area (Å²) in [6.45, 7) is 4.16. The number of carboxylic acids is 1. The Kier molecular flexibility index (Phi) is 6.54. The van der Waals surface area contributed by atoms with Gasteiger partial charge in [-0.15, -0.1) is 0 Å². The number of para-hydroxylation sites is 1. The van der Waals surface area contributed by atoms with Gasteiger partial charge in [-0.3, -0.25) is 4.79 Å². The second-order valence-corrected chi connectivity index (χ2v) is 7.64. The summed E-state index contributed by atoms with van der Waals surface area (Å²) >= 11 is 0. The van der Waals surface area contributed by atoms with E-state index in [2.05, 4.69) is 0 Å². The van der Waals surface area contributed by atoms with E-state index < -0.39 is 5.97 Å². The number of fused-ring (bicyclic) bond motifs is 1. The molecule has 146 valence electrons. The standard InChI is InChI=1S/C22H29NO4/c1-2-11-27-20-10-6-5-7-16(20)12-19(22(25)26)13-21(24)23-14-17-8-3-4-9-18(17)15-23/h5-7,10,12,17-18H,2-4,8-9,11,13-15H2,1H3,(H,25,26)/b19-12-. The van der Waals surface area contributed by atoms with Crippen LogP contribution in [0.1, 0.15) is 51.0 Å². The van der Waals surface area contributed by atoms with Crippen molar-refractivity contribution in [3.63, 3.8) is 0 Å². The first-order valence-corrected chi connectivity index (χ1v) is 10.0. The number of benzene rings is 1. The number of hydrogen-bond acceptors (Lipinski definition) is 3. The van der Waals surface area contributed by atoms with Gasteiger partial charge in [-0.1, -0.05) is 38.0 Å². The Morgan fingerprint density at radius 3 is 2.48 bits per heavy atom. The van der Waals surface area contributed by atoms with Crippen molar-refractivity contribution in [2.45, 2.75) is 45.4 Å². The van der Waals surface area contributed by atoms with Gasteiger partial charge in [-0.05, 0) is 43.2 Å². The number of carbonyl (C=O) groups excluding carboxylic acids is 1. The molecule has 1 aromatic carbocycles. The molecule has 0 aromatic heterocycles. The minimum absolute atomic E-state index is 0.0725. The van der Waals surface area contributed by atoms with E-state index in [-0.39, 0.29) is 17.9 Å². The minimum Gasteiger partial charge on any atom is -0.493 e. The second kappa shape index (κ2) is 9.07. The summed E-state index contributed by atoms with van der Waals surface area (Å²) in [6, 6.07) is 7.35. The maximum Gasteiger partial charge on any atom is 0.332 e. The van der Waals surface area contributed by atoms with Crippen molar-refractivity contribution in [2.75, 3.05) is 19.7 Å². The van der Waals surface area contributed by atoms with Crippen LogP contribution in [0.5, 0.6) is 5.75 Å². The lowest BCUT2D eigenvalue weighted by Gasteiger charge is -2.22. The molecule has 0 spiro atoms. The summed E-state index contributed by atoms with van der Waals surface area (Å²) in [5.74, 6) is 0.722. The molecule has 5 nitrogen and oxygen atoms in total. The quantitative estimate of drug-likeness (QED) is 0.736. The molecule has 2 aliphatic rings. The van der Waals surface area contributed by atoms with Gasteiger partial charge in [-0.25, -0.2) is 4.79 Å². The molecule has 3 rings (SSSR count). The van der Waals surface area contributed by atoms with E-state index in [1.54, 1.807) is 6.08 Å². The Balaban J connectivity index is 1.72. The number of rotatable bonds is 7. The van der Waals surface area contributed by atoms with Crippen molar-refractivity contribution in [3.8, 4) is 5.75 Å². The first-order valence-electron chi connectivity index (χ1n) is 10.0. The topological polar surface area (TPSA) is 66.8 Å². The highest BCUT2D eigenvalue weighted by Gasteiger charge is 2.36. The highest BCUT2D eigenvalue weighted by Crippen LogP contribution is 2.36. The van der Waals surface area contributed by atoms with Crippen molar-refractivity contribution < 1.29 is 19.4 Å². The van der Waals surface area contributed by atoms with Crippen LogP contribution in [-0.2, 0) is 9.59 Å². The molecule has 0 bridgehead atoms. The van der Waals surface area contributed by atoms with Crippen molar-refractivity contribution in [2.24, 2.45) is 11.8 Å². The summed E-state index contributed by atoms with van der Waals surface area (Å²) in [5.41, 5.74) is 0.814. The third-order valence-electron chi connectivity index (χ3n) is 5.66. The lowest BCUT2D eigenvalue weighted by atomic mass is 9.82. The first kappa shape index (κ1) is 19.5. The number of amides is 1. The fourth-order valence-electron chi connectivity index (χ4n) is 4.20. The van der Waals surface area contributed by atoms with E-state index in [4.69, 9.17) is 4.74 Å². The van der Waals surface area contributed by atoms with Crippen LogP contribution < -0.4 is 4.74 Å². The Labute approximate surface area is 161 Å². The van der Waals surface area contributed by atoms with Gasteiger partial charge in [0, 0.05) is 24.2 Å². The number of likely N-dealkylation sites (tertiary alicyclic amines) is 1. The predicted molar refractivity (Wildman–Crippen MR) is 104 cm³/mol. The van der Waals surface area contributed by atoms with Crippen molar-refractivity contribution in [3.05, 3.63) is 35.4 Å².